The molecule has 4 rings (SSSR count). The lowest BCUT2D eigenvalue weighted by Crippen LogP contribution is -2.29. The van der Waals surface area contributed by atoms with E-state index in [0.717, 1.165) is 42.5 Å². The lowest BCUT2D eigenvalue weighted by atomic mass is 9.93. The zero-order valence-corrected chi connectivity index (χ0v) is 16.5. The summed E-state index contributed by atoms with van der Waals surface area (Å²) in [7, 11) is 0. The first-order chi connectivity index (χ1) is 14.7. The van der Waals surface area contributed by atoms with E-state index in [1.54, 1.807) is 6.33 Å². The van der Waals surface area contributed by atoms with E-state index >= 15 is 0 Å². The molecule has 1 saturated carbocycles. The Bertz CT molecular complexity index is 1030. The van der Waals surface area contributed by atoms with Crippen molar-refractivity contribution in [1.82, 2.24) is 15.0 Å². The maximum Gasteiger partial charge on any atom is 0.284 e. The molecule has 1 aliphatic carbocycles. The van der Waals surface area contributed by atoms with Crippen LogP contribution in [0.4, 0.5) is 11.8 Å². The van der Waals surface area contributed by atoms with Crippen LogP contribution in [-0.4, -0.2) is 32.2 Å². The van der Waals surface area contributed by atoms with Gasteiger partial charge in [-0.1, -0.05) is 30.3 Å². The third kappa shape index (κ3) is 4.70. The van der Waals surface area contributed by atoms with E-state index in [0.29, 0.717) is 23.9 Å². The zero-order valence-electron chi connectivity index (χ0n) is 16.5. The van der Waals surface area contributed by atoms with Crippen molar-refractivity contribution in [3.05, 3.63) is 60.2 Å². The van der Waals surface area contributed by atoms with E-state index < -0.39 is 0 Å². The van der Waals surface area contributed by atoms with Crippen LogP contribution in [0.25, 0.3) is 11.3 Å². The van der Waals surface area contributed by atoms with Gasteiger partial charge < -0.3 is 15.7 Å². The minimum Gasteiger partial charge on any atom is -0.393 e. The molecule has 30 heavy (non-hydrogen) atoms. The van der Waals surface area contributed by atoms with Crippen molar-refractivity contribution < 1.29 is 10.1 Å². The van der Waals surface area contributed by atoms with Gasteiger partial charge in [-0.2, -0.15) is 10.2 Å². The number of H-pyrrole nitrogens is 1. The number of hydrogen-bond donors (Lipinski definition) is 3. The molecule has 0 bridgehead atoms. The van der Waals surface area contributed by atoms with E-state index in [4.69, 9.17) is 0 Å². The lowest BCUT2D eigenvalue weighted by molar-refractivity contribution is -0.383. The van der Waals surface area contributed by atoms with Crippen molar-refractivity contribution in [3.8, 4) is 17.3 Å². The third-order valence-electron chi connectivity index (χ3n) is 5.26. The van der Waals surface area contributed by atoms with Gasteiger partial charge >= 0.3 is 0 Å². The summed E-state index contributed by atoms with van der Waals surface area (Å²) < 4.78 is 0. The Labute approximate surface area is 175 Å². The van der Waals surface area contributed by atoms with Crippen LogP contribution in [0.1, 0.15) is 36.8 Å². The van der Waals surface area contributed by atoms with Crippen LogP contribution in [0.5, 0.6) is 0 Å². The Balaban J connectivity index is 1.49. The Morgan fingerprint density at radius 3 is 2.70 bits per heavy atom. The predicted octanol–water partition coefficient (Wildman–Crippen LogP) is 2.55. The lowest BCUT2D eigenvalue weighted by Gasteiger charge is -2.26. The van der Waals surface area contributed by atoms with Gasteiger partial charge in [0.1, 0.15) is 17.5 Å². The van der Waals surface area contributed by atoms with Gasteiger partial charge in [0.25, 0.3) is 6.33 Å². The second kappa shape index (κ2) is 9.29. The van der Waals surface area contributed by atoms with Crippen LogP contribution < -0.4 is 15.6 Å². The van der Waals surface area contributed by atoms with Gasteiger partial charge in [-0.25, -0.2) is 4.98 Å². The largest absolute Gasteiger partial charge is 0.393 e. The number of hydrogen-bond acceptors (Lipinski definition) is 7. The number of rotatable bonds is 6. The van der Waals surface area contributed by atoms with Gasteiger partial charge in [-0.3, -0.25) is 4.98 Å². The SMILES string of the molecule is N#Cc1cnc(NCc2c[nH+]cnc2-c2ccccc2)nc1NC1CCC(O)CC1. The van der Waals surface area contributed by atoms with Crippen LogP contribution >= 0.6 is 0 Å². The number of aromatic nitrogens is 4. The standard InChI is InChI=1S/C22H23N7O/c23-10-16-12-25-22(29-21(16)28-18-6-8-19(30)9-7-18)26-13-17-11-24-14-27-20(17)15-4-2-1-3-5-15/h1-5,11-12,14,18-19,30H,6-9,13H2,(H2,25,26,28,29)/p+1. The zero-order chi connectivity index (χ0) is 20.8. The van der Waals surface area contributed by atoms with Crippen molar-refractivity contribution in [2.75, 3.05) is 10.6 Å². The average molecular weight is 402 g/mol. The highest BCUT2D eigenvalue weighted by atomic mass is 16.3. The normalized spacial score (nSPS) is 18.4. The number of nitriles is 1. The highest BCUT2D eigenvalue weighted by molar-refractivity contribution is 5.62. The predicted molar refractivity (Wildman–Crippen MR) is 112 cm³/mol. The first-order valence-corrected chi connectivity index (χ1v) is 10.1. The molecule has 0 aliphatic heterocycles. The van der Waals surface area contributed by atoms with Crippen LogP contribution in [0.2, 0.25) is 0 Å². The average Bonchev–Trinajstić information content (AvgIpc) is 2.80. The summed E-state index contributed by atoms with van der Waals surface area (Å²) in [6.45, 7) is 0.482. The third-order valence-corrected chi connectivity index (χ3v) is 5.26. The molecule has 8 heteroatoms. The van der Waals surface area contributed by atoms with E-state index in [1.807, 2.05) is 36.5 Å². The summed E-state index contributed by atoms with van der Waals surface area (Å²) in [5.41, 5.74) is 3.30. The molecular weight excluding hydrogens is 378 g/mol. The molecule has 0 spiro atoms. The van der Waals surface area contributed by atoms with Crippen molar-refractivity contribution in [1.29, 1.82) is 5.26 Å². The maximum absolute atomic E-state index is 9.70. The van der Waals surface area contributed by atoms with Gasteiger partial charge in [0, 0.05) is 11.6 Å². The van der Waals surface area contributed by atoms with Crippen LogP contribution in [0, 0.1) is 11.3 Å². The van der Waals surface area contributed by atoms with Crippen molar-refractivity contribution in [2.24, 2.45) is 0 Å². The van der Waals surface area contributed by atoms with Crippen LogP contribution in [0.3, 0.4) is 0 Å². The molecule has 1 fully saturated rings. The summed E-state index contributed by atoms with van der Waals surface area (Å²) in [6, 6.07) is 12.3. The molecule has 2 aromatic heterocycles. The smallest absolute Gasteiger partial charge is 0.284 e. The topological polar surface area (TPSA) is 121 Å². The highest BCUT2D eigenvalue weighted by Crippen LogP contribution is 2.24. The number of aliphatic hydroxyl groups excluding tert-OH is 1. The number of aromatic amines is 1. The Morgan fingerprint density at radius 2 is 1.93 bits per heavy atom. The summed E-state index contributed by atoms with van der Waals surface area (Å²) in [6.07, 6.45) is 8.09. The van der Waals surface area contributed by atoms with E-state index in [9.17, 15) is 10.4 Å². The molecule has 3 aromatic rings. The fraction of sp³-hybridized carbons (Fsp3) is 0.318. The van der Waals surface area contributed by atoms with E-state index in [2.05, 4.69) is 36.6 Å². The molecule has 0 radical (unpaired) electrons. The molecule has 8 nitrogen and oxygen atoms in total. The summed E-state index contributed by atoms with van der Waals surface area (Å²) in [4.78, 5) is 16.3. The molecule has 2 heterocycles. The quantitative estimate of drug-likeness (QED) is 0.579. The second-order valence-electron chi connectivity index (χ2n) is 7.38. The summed E-state index contributed by atoms with van der Waals surface area (Å²) in [5.74, 6) is 0.965. The Hall–Kier alpha value is -3.57. The van der Waals surface area contributed by atoms with Crippen LogP contribution in [0.15, 0.2) is 49.1 Å². The number of aliphatic hydroxyl groups is 1. The molecule has 0 atom stereocenters. The summed E-state index contributed by atoms with van der Waals surface area (Å²) >= 11 is 0. The van der Waals surface area contributed by atoms with Gasteiger partial charge in [-0.15, -0.1) is 0 Å². The molecule has 152 valence electrons. The van der Waals surface area contributed by atoms with Gasteiger partial charge in [0.2, 0.25) is 5.95 Å². The summed E-state index contributed by atoms with van der Waals surface area (Å²) in [5, 5.41) is 25.7. The van der Waals surface area contributed by atoms with Gasteiger partial charge in [0.15, 0.2) is 5.69 Å². The fourth-order valence-electron chi connectivity index (χ4n) is 3.63. The number of nitrogens with one attached hydrogen (secondary N) is 3. The van der Waals surface area contributed by atoms with Crippen molar-refractivity contribution in [2.45, 2.75) is 44.4 Å². The van der Waals surface area contributed by atoms with E-state index in [-0.39, 0.29) is 12.1 Å². The molecule has 4 N–H and O–H groups in total. The minimum absolute atomic E-state index is 0.195. The Morgan fingerprint density at radius 1 is 1.13 bits per heavy atom. The Kier molecular flexibility index (Phi) is 6.11. The molecule has 1 aromatic carbocycles. The monoisotopic (exact) mass is 402 g/mol. The van der Waals surface area contributed by atoms with Crippen molar-refractivity contribution >= 4 is 11.8 Å². The van der Waals surface area contributed by atoms with E-state index in [1.165, 1.54) is 6.20 Å². The van der Waals surface area contributed by atoms with Gasteiger partial charge in [0.05, 0.1) is 30.6 Å². The maximum atomic E-state index is 9.70. The van der Waals surface area contributed by atoms with Crippen molar-refractivity contribution in [3.63, 3.8) is 0 Å². The molecule has 0 saturated heterocycles. The number of benzene rings is 1. The fourth-order valence-corrected chi connectivity index (χ4v) is 3.63. The second-order valence-corrected chi connectivity index (χ2v) is 7.38. The minimum atomic E-state index is -0.226. The first kappa shape index (κ1) is 19.7. The molecule has 1 aliphatic rings. The highest BCUT2D eigenvalue weighted by Gasteiger charge is 2.21. The van der Waals surface area contributed by atoms with Gasteiger partial charge in [-0.05, 0) is 30.7 Å². The first-order valence-electron chi connectivity index (χ1n) is 10.1. The number of nitrogens with zero attached hydrogens (tertiary/aromatic N) is 4. The molecular formula is C22H24N7O+. The number of anilines is 2. The molecule has 0 amide bonds. The molecule has 0 unspecified atom stereocenters. The van der Waals surface area contributed by atoms with Crippen LogP contribution in [-0.2, 0) is 6.54 Å².